The lowest BCUT2D eigenvalue weighted by molar-refractivity contribution is 0.577. The molecule has 0 radical (unpaired) electrons. The molecule has 7 heteroatoms. The third kappa shape index (κ3) is 3.72. The van der Waals surface area contributed by atoms with Crippen LogP contribution < -0.4 is 4.72 Å². The quantitative estimate of drug-likeness (QED) is 0.827. The Balaban J connectivity index is 1.96. The van der Waals surface area contributed by atoms with E-state index in [9.17, 15) is 12.8 Å². The van der Waals surface area contributed by atoms with Gasteiger partial charge in [-0.2, -0.15) is 5.10 Å². The zero-order valence-electron chi connectivity index (χ0n) is 12.9. The second kappa shape index (κ2) is 6.58. The maximum Gasteiger partial charge on any atom is 0.244 e. The first kappa shape index (κ1) is 16.6. The molecule has 1 N–H and O–H groups in total. The van der Waals surface area contributed by atoms with E-state index in [2.05, 4.69) is 9.82 Å². The molecule has 0 aliphatic rings. The molecule has 1 heterocycles. The van der Waals surface area contributed by atoms with Crippen molar-refractivity contribution in [3.05, 3.63) is 47.0 Å². The number of hydrogen-bond donors (Lipinski definition) is 1. The second-order valence-corrected chi connectivity index (χ2v) is 6.96. The Kier molecular flexibility index (Phi) is 4.97. The summed E-state index contributed by atoms with van der Waals surface area (Å²) in [6, 6.07) is 6.33. The summed E-state index contributed by atoms with van der Waals surface area (Å²) < 4.78 is 41.8. The first-order valence-electron chi connectivity index (χ1n) is 7.05. The number of nitrogens with zero attached hydrogens (tertiary/aromatic N) is 2. The normalized spacial score (nSPS) is 11.8. The number of aryl methyl sites for hydroxylation is 3. The van der Waals surface area contributed by atoms with E-state index in [0.29, 0.717) is 30.8 Å². The Hall–Kier alpha value is -1.73. The van der Waals surface area contributed by atoms with Crippen LogP contribution in [0.25, 0.3) is 0 Å². The minimum absolute atomic E-state index is 0.237. The van der Waals surface area contributed by atoms with Gasteiger partial charge in [-0.1, -0.05) is 12.1 Å². The van der Waals surface area contributed by atoms with Gasteiger partial charge < -0.3 is 0 Å². The summed E-state index contributed by atoms with van der Waals surface area (Å²) in [6.45, 7) is 3.70. The molecule has 0 unspecified atom stereocenters. The van der Waals surface area contributed by atoms with E-state index in [1.54, 1.807) is 31.6 Å². The van der Waals surface area contributed by atoms with Crippen LogP contribution in [0.5, 0.6) is 0 Å². The van der Waals surface area contributed by atoms with Crippen LogP contribution in [0, 0.1) is 19.7 Å². The van der Waals surface area contributed by atoms with Crippen molar-refractivity contribution in [3.63, 3.8) is 0 Å². The summed E-state index contributed by atoms with van der Waals surface area (Å²) in [6.07, 6.45) is 1.21. The van der Waals surface area contributed by atoms with Crippen molar-refractivity contribution in [2.75, 3.05) is 6.54 Å². The average molecular weight is 325 g/mol. The van der Waals surface area contributed by atoms with Gasteiger partial charge in [0.05, 0.1) is 11.4 Å². The first-order chi connectivity index (χ1) is 10.3. The van der Waals surface area contributed by atoms with Crippen LogP contribution in [0.15, 0.2) is 29.2 Å². The molecular formula is C15H20FN3O2S. The van der Waals surface area contributed by atoms with Gasteiger partial charge in [-0.15, -0.1) is 0 Å². The molecule has 2 aromatic rings. The molecule has 120 valence electrons. The van der Waals surface area contributed by atoms with Gasteiger partial charge in [0.2, 0.25) is 10.0 Å². The summed E-state index contributed by atoms with van der Waals surface area (Å²) >= 11 is 0. The van der Waals surface area contributed by atoms with Gasteiger partial charge in [-0.05, 0) is 44.4 Å². The van der Waals surface area contributed by atoms with Gasteiger partial charge in [-0.25, -0.2) is 17.5 Å². The predicted octanol–water partition coefficient (Wildman–Crippen LogP) is 2.09. The van der Waals surface area contributed by atoms with E-state index in [-0.39, 0.29) is 10.7 Å². The van der Waals surface area contributed by atoms with Gasteiger partial charge in [0, 0.05) is 13.6 Å². The Bertz CT molecular complexity index is 769. The van der Waals surface area contributed by atoms with Crippen LogP contribution in [0.2, 0.25) is 0 Å². The number of halogens is 1. The molecule has 0 amide bonds. The second-order valence-electron chi connectivity index (χ2n) is 5.25. The summed E-state index contributed by atoms with van der Waals surface area (Å²) in [4.78, 5) is 0.237. The van der Waals surface area contributed by atoms with Crippen LogP contribution in [0.4, 0.5) is 4.39 Å². The average Bonchev–Trinajstić information content (AvgIpc) is 2.69. The van der Waals surface area contributed by atoms with Crippen molar-refractivity contribution < 1.29 is 12.8 Å². The first-order valence-corrected chi connectivity index (χ1v) is 8.54. The highest BCUT2D eigenvalue weighted by Gasteiger charge is 2.22. The topological polar surface area (TPSA) is 64.0 Å². The smallest absolute Gasteiger partial charge is 0.244 e. The number of aromatic nitrogens is 2. The summed E-state index contributed by atoms with van der Waals surface area (Å²) in [5, 5.41) is 4.12. The molecule has 5 nitrogen and oxygen atoms in total. The van der Waals surface area contributed by atoms with E-state index in [1.165, 1.54) is 12.1 Å². The highest BCUT2D eigenvalue weighted by atomic mass is 32.2. The minimum atomic E-state index is -3.57. The highest BCUT2D eigenvalue weighted by Crippen LogP contribution is 2.18. The van der Waals surface area contributed by atoms with Crippen LogP contribution in [-0.2, 0) is 23.5 Å². The fraction of sp³-hybridized carbons (Fsp3) is 0.400. The number of sulfonamides is 1. The molecule has 22 heavy (non-hydrogen) atoms. The van der Waals surface area contributed by atoms with E-state index < -0.39 is 10.0 Å². The van der Waals surface area contributed by atoms with Crippen LogP contribution in [0.1, 0.15) is 23.4 Å². The molecule has 2 rings (SSSR count). The third-order valence-corrected chi connectivity index (χ3v) is 5.25. The molecule has 0 aliphatic heterocycles. The number of nitrogens with one attached hydrogen (secondary N) is 1. The molecule has 0 fully saturated rings. The fourth-order valence-corrected chi connectivity index (χ4v) is 3.91. The van der Waals surface area contributed by atoms with Crippen molar-refractivity contribution in [3.8, 4) is 0 Å². The van der Waals surface area contributed by atoms with Gasteiger partial charge >= 0.3 is 0 Å². The Morgan fingerprint density at radius 1 is 1.32 bits per heavy atom. The molecular weight excluding hydrogens is 305 g/mol. The maximum absolute atomic E-state index is 13.1. The van der Waals surface area contributed by atoms with Gasteiger partial charge in [0.1, 0.15) is 10.7 Å². The van der Waals surface area contributed by atoms with Crippen LogP contribution in [-0.4, -0.2) is 24.7 Å². The number of benzene rings is 1. The van der Waals surface area contributed by atoms with Gasteiger partial charge in [-0.3, -0.25) is 4.68 Å². The van der Waals surface area contributed by atoms with Crippen molar-refractivity contribution >= 4 is 10.0 Å². The van der Waals surface area contributed by atoms with Crippen molar-refractivity contribution in [2.45, 2.75) is 31.6 Å². The summed E-state index contributed by atoms with van der Waals surface area (Å²) in [5.41, 5.74) is 1.95. The van der Waals surface area contributed by atoms with Crippen LogP contribution >= 0.6 is 0 Å². The SMILES string of the molecule is Cc1nn(C)c(C)c1S(=O)(=O)NCCCc1cccc(F)c1. The third-order valence-electron chi connectivity index (χ3n) is 3.53. The molecule has 0 spiro atoms. The summed E-state index contributed by atoms with van der Waals surface area (Å²) in [5.74, 6) is -0.278. The number of rotatable bonds is 6. The van der Waals surface area contributed by atoms with E-state index in [0.717, 1.165) is 5.56 Å². The Morgan fingerprint density at radius 2 is 2.05 bits per heavy atom. The molecule has 0 saturated carbocycles. The molecule has 1 aromatic heterocycles. The van der Waals surface area contributed by atoms with Crippen molar-refractivity contribution in [2.24, 2.45) is 7.05 Å². The fourth-order valence-electron chi connectivity index (χ4n) is 2.41. The predicted molar refractivity (Wildman–Crippen MR) is 82.6 cm³/mol. The highest BCUT2D eigenvalue weighted by molar-refractivity contribution is 7.89. The minimum Gasteiger partial charge on any atom is -0.271 e. The standard InChI is InChI=1S/C15H20FN3O2S/c1-11-15(12(2)19(3)18-11)22(20,21)17-9-5-7-13-6-4-8-14(16)10-13/h4,6,8,10,17H,5,7,9H2,1-3H3. The Morgan fingerprint density at radius 3 is 2.64 bits per heavy atom. The zero-order valence-corrected chi connectivity index (χ0v) is 13.7. The monoisotopic (exact) mass is 325 g/mol. The van der Waals surface area contributed by atoms with Crippen molar-refractivity contribution in [1.82, 2.24) is 14.5 Å². The molecule has 0 atom stereocenters. The Labute approximate surface area is 130 Å². The van der Waals surface area contributed by atoms with Crippen LogP contribution in [0.3, 0.4) is 0 Å². The lowest BCUT2D eigenvalue weighted by Gasteiger charge is -2.07. The lowest BCUT2D eigenvalue weighted by atomic mass is 10.1. The summed E-state index contributed by atoms with van der Waals surface area (Å²) in [7, 11) is -1.86. The molecule has 0 saturated heterocycles. The molecule has 0 aliphatic carbocycles. The molecule has 0 bridgehead atoms. The van der Waals surface area contributed by atoms with E-state index in [1.807, 2.05) is 6.07 Å². The maximum atomic E-state index is 13.1. The van der Waals surface area contributed by atoms with E-state index >= 15 is 0 Å². The number of hydrogen-bond acceptors (Lipinski definition) is 3. The van der Waals surface area contributed by atoms with Crippen molar-refractivity contribution in [1.29, 1.82) is 0 Å². The van der Waals surface area contributed by atoms with E-state index in [4.69, 9.17) is 0 Å². The zero-order chi connectivity index (χ0) is 16.3. The largest absolute Gasteiger partial charge is 0.271 e. The molecule has 1 aromatic carbocycles. The van der Waals surface area contributed by atoms with Gasteiger partial charge in [0.15, 0.2) is 0 Å². The lowest BCUT2D eigenvalue weighted by Crippen LogP contribution is -2.26. The van der Waals surface area contributed by atoms with Gasteiger partial charge in [0.25, 0.3) is 0 Å².